The average Bonchev–Trinajstić information content (AvgIpc) is 3.82. The van der Waals surface area contributed by atoms with Crippen molar-refractivity contribution < 1.29 is 0 Å². The summed E-state index contributed by atoms with van der Waals surface area (Å²) < 4.78 is 0. The number of rotatable bonds is 7. The first-order chi connectivity index (χ1) is 33.1. The Morgan fingerprint density at radius 2 is 0.594 bits per heavy atom. The van der Waals surface area contributed by atoms with Gasteiger partial charge in [0.15, 0.2) is 0 Å². The zero-order valence-corrected chi connectivity index (χ0v) is 41.7. The van der Waals surface area contributed by atoms with Crippen LogP contribution >= 0.6 is 0 Å². The minimum Gasteiger partial charge on any atom is -0.310 e. The molecule has 0 bridgehead atoms. The van der Waals surface area contributed by atoms with Crippen molar-refractivity contribution in [3.05, 3.63) is 280 Å². The molecule has 0 aromatic heterocycles. The largest absolute Gasteiger partial charge is 0.310 e. The molecule has 9 aromatic carbocycles. The molecule has 0 fully saturated rings. The fourth-order valence-electron chi connectivity index (χ4n) is 11.8. The van der Waals surface area contributed by atoms with Crippen molar-refractivity contribution in [2.45, 2.75) is 89.4 Å². The van der Waals surface area contributed by atoms with Crippen LogP contribution < -0.4 is 4.90 Å². The molecule has 0 radical (unpaired) electrons. The number of hydrogen-bond donors (Lipinski definition) is 0. The predicted molar refractivity (Wildman–Crippen MR) is 292 cm³/mol. The summed E-state index contributed by atoms with van der Waals surface area (Å²) in [5, 5.41) is 0. The summed E-state index contributed by atoms with van der Waals surface area (Å²) in [4.78, 5) is 2.50. The fourth-order valence-corrected chi connectivity index (χ4v) is 11.8. The molecular weight excluding hydrogens is 831 g/mol. The lowest BCUT2D eigenvalue weighted by Gasteiger charge is -2.37. The summed E-state index contributed by atoms with van der Waals surface area (Å²) in [5.41, 5.74) is 21.5. The van der Waals surface area contributed by atoms with E-state index in [2.05, 4.69) is 286 Å². The van der Waals surface area contributed by atoms with Gasteiger partial charge in [-0.3, -0.25) is 0 Å². The van der Waals surface area contributed by atoms with Crippen molar-refractivity contribution in [2.24, 2.45) is 0 Å². The molecule has 11 rings (SSSR count). The zero-order valence-electron chi connectivity index (χ0n) is 41.7. The van der Waals surface area contributed by atoms with E-state index >= 15 is 0 Å². The first-order valence-electron chi connectivity index (χ1n) is 24.8. The summed E-state index contributed by atoms with van der Waals surface area (Å²) in [5.74, 6) is 0. The highest BCUT2D eigenvalue weighted by Crippen LogP contribution is 2.60. The number of para-hydroxylation sites is 1. The van der Waals surface area contributed by atoms with Crippen molar-refractivity contribution in [2.75, 3.05) is 4.90 Å². The van der Waals surface area contributed by atoms with Crippen LogP contribution in [-0.2, 0) is 27.1 Å². The van der Waals surface area contributed by atoms with Crippen LogP contribution in [0.3, 0.4) is 0 Å². The smallest absolute Gasteiger partial charge is 0.0714 e. The summed E-state index contributed by atoms with van der Waals surface area (Å²) in [6.45, 7) is 20.9. The molecule has 1 atom stereocenters. The Morgan fingerprint density at radius 1 is 0.261 bits per heavy atom. The average molecular weight is 894 g/mol. The van der Waals surface area contributed by atoms with Gasteiger partial charge in [-0.1, -0.05) is 244 Å². The topological polar surface area (TPSA) is 3.24 Å². The second-order valence-corrected chi connectivity index (χ2v) is 22.6. The molecule has 1 unspecified atom stereocenters. The molecule has 1 nitrogen and oxygen atoms in total. The van der Waals surface area contributed by atoms with Crippen molar-refractivity contribution >= 4 is 17.1 Å². The Balaban J connectivity index is 1.20. The van der Waals surface area contributed by atoms with Gasteiger partial charge in [0.2, 0.25) is 0 Å². The third kappa shape index (κ3) is 7.03. The normalized spacial score (nSPS) is 15.8. The quantitative estimate of drug-likeness (QED) is 0.154. The van der Waals surface area contributed by atoms with Crippen LogP contribution in [0.15, 0.2) is 218 Å². The maximum Gasteiger partial charge on any atom is 0.0714 e. The van der Waals surface area contributed by atoms with Crippen molar-refractivity contribution in [3.8, 4) is 22.3 Å². The van der Waals surface area contributed by atoms with E-state index < -0.39 is 10.8 Å². The van der Waals surface area contributed by atoms with E-state index in [1.807, 2.05) is 0 Å². The first kappa shape index (κ1) is 44.3. The van der Waals surface area contributed by atoms with Gasteiger partial charge in [-0.15, -0.1) is 0 Å². The van der Waals surface area contributed by atoms with E-state index in [9.17, 15) is 0 Å². The molecule has 0 spiro atoms. The number of nitrogens with zero attached hydrogens (tertiary/aromatic N) is 1. The monoisotopic (exact) mass is 893 g/mol. The van der Waals surface area contributed by atoms with Crippen LogP contribution in [0.4, 0.5) is 17.1 Å². The summed E-state index contributed by atoms with van der Waals surface area (Å²) in [6, 6.07) is 83.3. The van der Waals surface area contributed by atoms with Crippen LogP contribution in [0.2, 0.25) is 0 Å². The highest BCUT2D eigenvalue weighted by molar-refractivity contribution is 5.92. The van der Waals surface area contributed by atoms with Crippen molar-refractivity contribution in [3.63, 3.8) is 0 Å². The maximum absolute atomic E-state index is 2.52. The molecule has 2 aliphatic rings. The Hall–Kier alpha value is -7.22. The molecule has 0 N–H and O–H groups in total. The maximum atomic E-state index is 2.52. The Labute approximate surface area is 411 Å². The van der Waals surface area contributed by atoms with Gasteiger partial charge < -0.3 is 4.90 Å². The van der Waals surface area contributed by atoms with Gasteiger partial charge in [-0.25, -0.2) is 0 Å². The second-order valence-electron chi connectivity index (χ2n) is 22.6. The molecule has 1 heteroatoms. The first-order valence-corrected chi connectivity index (χ1v) is 24.8. The molecule has 9 aromatic rings. The van der Waals surface area contributed by atoms with Crippen LogP contribution in [0.25, 0.3) is 22.3 Å². The third-order valence-corrected chi connectivity index (χ3v) is 15.3. The van der Waals surface area contributed by atoms with E-state index in [0.29, 0.717) is 0 Å². The predicted octanol–water partition coefficient (Wildman–Crippen LogP) is 17.8. The van der Waals surface area contributed by atoms with Gasteiger partial charge in [0, 0.05) is 17.1 Å². The molecule has 2 aliphatic carbocycles. The molecule has 0 heterocycles. The van der Waals surface area contributed by atoms with Gasteiger partial charge >= 0.3 is 0 Å². The molecule has 0 aliphatic heterocycles. The van der Waals surface area contributed by atoms with Crippen molar-refractivity contribution in [1.82, 2.24) is 0 Å². The molecule has 0 saturated heterocycles. The SMILES string of the molecule is CC(C)(C)c1cccc(C2(c3ccccc3)c3ccccc3-c3ccc(N(c4ccccc4)c4ccc5c(c4)C(c4cccc(C(C)(C)C)c4)(c4cccc(C(C)(C)C)c4)c4ccccc4-5)cc32)c1. The lowest BCUT2D eigenvalue weighted by atomic mass is 9.66. The Morgan fingerprint density at radius 3 is 1.00 bits per heavy atom. The third-order valence-electron chi connectivity index (χ3n) is 15.3. The second kappa shape index (κ2) is 16.2. The van der Waals surface area contributed by atoms with Crippen LogP contribution in [0, 0.1) is 0 Å². The van der Waals surface area contributed by atoms with Gasteiger partial charge in [-0.05, 0) is 136 Å². The summed E-state index contributed by atoms with van der Waals surface area (Å²) >= 11 is 0. The van der Waals surface area contributed by atoms with Gasteiger partial charge in [0.05, 0.1) is 10.8 Å². The molecular formula is C68H63N. The molecule has 69 heavy (non-hydrogen) atoms. The van der Waals surface area contributed by atoms with Crippen LogP contribution in [0.5, 0.6) is 0 Å². The summed E-state index contributed by atoms with van der Waals surface area (Å²) in [7, 11) is 0. The Bertz CT molecular complexity index is 3330. The fraction of sp³-hybridized carbons (Fsp3) is 0.206. The zero-order chi connectivity index (χ0) is 47.9. The van der Waals surface area contributed by atoms with E-state index in [1.165, 1.54) is 83.5 Å². The minimum atomic E-state index is -0.590. The minimum absolute atomic E-state index is 0.0224. The van der Waals surface area contributed by atoms with E-state index in [0.717, 1.165) is 17.1 Å². The van der Waals surface area contributed by atoms with E-state index in [-0.39, 0.29) is 16.2 Å². The van der Waals surface area contributed by atoms with E-state index in [1.54, 1.807) is 0 Å². The van der Waals surface area contributed by atoms with Gasteiger partial charge in [0.25, 0.3) is 0 Å². The van der Waals surface area contributed by atoms with Gasteiger partial charge in [-0.2, -0.15) is 0 Å². The highest BCUT2D eigenvalue weighted by Gasteiger charge is 2.49. The number of benzene rings is 9. The molecule has 340 valence electrons. The lowest BCUT2D eigenvalue weighted by molar-refractivity contribution is 0.585. The molecule has 0 saturated carbocycles. The number of hydrogen-bond acceptors (Lipinski definition) is 1. The summed E-state index contributed by atoms with van der Waals surface area (Å²) in [6.07, 6.45) is 0. The van der Waals surface area contributed by atoms with Crippen LogP contribution in [-0.4, -0.2) is 0 Å². The lowest BCUT2D eigenvalue weighted by Crippen LogP contribution is -2.30. The number of anilines is 3. The standard InChI is InChI=1S/C68H63N/c1-64(2,3)47-25-20-28-50(41-47)67(46-23-12-10-13-24-46)60-35-18-16-33-56(60)58-39-37-54(44-62(58)67)69(53-31-14-11-15-32-53)55-38-40-59-57-34-17-19-36-61(57)68(63(59)45-55,51-29-21-26-48(42-51)65(4,5)6)52-30-22-27-49(43-52)66(7,8)9/h10-45H,1-9H3. The molecule has 0 amide bonds. The Kier molecular flexibility index (Phi) is 10.4. The highest BCUT2D eigenvalue weighted by atomic mass is 15.1. The van der Waals surface area contributed by atoms with Crippen molar-refractivity contribution in [1.29, 1.82) is 0 Å². The van der Waals surface area contributed by atoms with Gasteiger partial charge in [0.1, 0.15) is 0 Å². The van der Waals surface area contributed by atoms with E-state index in [4.69, 9.17) is 0 Å². The van der Waals surface area contributed by atoms with Crippen LogP contribution in [0.1, 0.15) is 124 Å². The number of fused-ring (bicyclic) bond motifs is 6.